The zero-order valence-corrected chi connectivity index (χ0v) is 13.7. The van der Waals surface area contributed by atoms with Crippen molar-refractivity contribution in [3.05, 3.63) is 45.4 Å². The third-order valence-corrected chi connectivity index (χ3v) is 4.21. The molecule has 6 heteroatoms. The van der Waals surface area contributed by atoms with Crippen LogP contribution in [0.1, 0.15) is 32.9 Å². The molecule has 1 aromatic carbocycles. The molecular formula is C16H19N3O2S. The summed E-state index contributed by atoms with van der Waals surface area (Å²) in [7, 11) is 0. The van der Waals surface area contributed by atoms with Crippen molar-refractivity contribution < 1.29 is 9.59 Å². The number of aromatic nitrogens is 1. The van der Waals surface area contributed by atoms with Crippen molar-refractivity contribution in [3.8, 4) is 0 Å². The van der Waals surface area contributed by atoms with E-state index in [1.165, 1.54) is 11.8 Å². The van der Waals surface area contributed by atoms with Crippen molar-refractivity contribution in [1.82, 2.24) is 10.3 Å². The Balaban J connectivity index is 1.92. The molecule has 0 saturated carbocycles. The van der Waals surface area contributed by atoms with E-state index in [0.717, 1.165) is 17.1 Å². The Bertz CT molecular complexity index is 694. The van der Waals surface area contributed by atoms with Crippen LogP contribution in [-0.4, -0.2) is 23.3 Å². The normalized spacial score (nSPS) is 10.3. The highest BCUT2D eigenvalue weighted by molar-refractivity contribution is 7.11. The standard InChI is InChI=1S/C16H19N3O2S/c1-10-15(22-12(3)18-10)7-8-17-16(21)13-5-4-6-14(9-13)19-11(2)20/h4-6,9H,7-8H2,1-3H3,(H,17,21)(H,19,20). The first-order valence-corrected chi connectivity index (χ1v) is 7.86. The van der Waals surface area contributed by atoms with Gasteiger partial charge in [-0.15, -0.1) is 11.3 Å². The number of benzene rings is 1. The summed E-state index contributed by atoms with van der Waals surface area (Å²) < 4.78 is 0. The van der Waals surface area contributed by atoms with Crippen molar-refractivity contribution in [1.29, 1.82) is 0 Å². The molecule has 2 amide bonds. The average molecular weight is 317 g/mol. The van der Waals surface area contributed by atoms with Gasteiger partial charge in [-0.2, -0.15) is 0 Å². The molecule has 0 spiro atoms. The highest BCUT2D eigenvalue weighted by Crippen LogP contribution is 2.17. The summed E-state index contributed by atoms with van der Waals surface area (Å²) in [5.41, 5.74) is 2.18. The molecule has 0 aliphatic heterocycles. The molecule has 1 aromatic heterocycles. The number of thiazole rings is 1. The number of amides is 2. The van der Waals surface area contributed by atoms with Gasteiger partial charge in [0.05, 0.1) is 10.7 Å². The van der Waals surface area contributed by atoms with E-state index in [1.807, 2.05) is 13.8 Å². The van der Waals surface area contributed by atoms with Gasteiger partial charge in [0.2, 0.25) is 5.91 Å². The molecule has 2 rings (SSSR count). The van der Waals surface area contributed by atoms with E-state index < -0.39 is 0 Å². The summed E-state index contributed by atoms with van der Waals surface area (Å²) in [6.45, 7) is 5.96. The summed E-state index contributed by atoms with van der Waals surface area (Å²) in [5, 5.41) is 6.60. The zero-order valence-electron chi connectivity index (χ0n) is 12.9. The van der Waals surface area contributed by atoms with E-state index in [4.69, 9.17) is 0 Å². The van der Waals surface area contributed by atoms with Crippen LogP contribution in [0.4, 0.5) is 5.69 Å². The molecule has 0 radical (unpaired) electrons. The Morgan fingerprint density at radius 3 is 2.68 bits per heavy atom. The predicted octanol–water partition coefficient (Wildman–Crippen LogP) is 2.69. The number of nitrogens with one attached hydrogen (secondary N) is 2. The van der Waals surface area contributed by atoms with Crippen LogP contribution >= 0.6 is 11.3 Å². The maximum Gasteiger partial charge on any atom is 0.251 e. The van der Waals surface area contributed by atoms with Gasteiger partial charge < -0.3 is 10.6 Å². The summed E-state index contributed by atoms with van der Waals surface area (Å²) in [6, 6.07) is 6.89. The van der Waals surface area contributed by atoms with Gasteiger partial charge in [0.25, 0.3) is 5.91 Å². The summed E-state index contributed by atoms with van der Waals surface area (Å²) >= 11 is 1.66. The Hall–Kier alpha value is -2.21. The highest BCUT2D eigenvalue weighted by Gasteiger charge is 2.08. The van der Waals surface area contributed by atoms with Gasteiger partial charge in [0, 0.05) is 36.0 Å². The minimum Gasteiger partial charge on any atom is -0.352 e. The Morgan fingerprint density at radius 1 is 1.27 bits per heavy atom. The van der Waals surface area contributed by atoms with Gasteiger partial charge in [-0.25, -0.2) is 4.98 Å². The average Bonchev–Trinajstić information content (AvgIpc) is 2.76. The number of aryl methyl sites for hydroxylation is 2. The fourth-order valence-electron chi connectivity index (χ4n) is 2.14. The van der Waals surface area contributed by atoms with Gasteiger partial charge in [-0.1, -0.05) is 6.07 Å². The van der Waals surface area contributed by atoms with Crippen LogP contribution in [0.25, 0.3) is 0 Å². The third kappa shape index (κ3) is 4.39. The molecule has 0 aliphatic carbocycles. The van der Waals surface area contributed by atoms with Crippen molar-refractivity contribution in [3.63, 3.8) is 0 Å². The minimum atomic E-state index is -0.159. The molecular weight excluding hydrogens is 298 g/mol. The quantitative estimate of drug-likeness (QED) is 0.890. The summed E-state index contributed by atoms with van der Waals surface area (Å²) in [6.07, 6.45) is 0.772. The van der Waals surface area contributed by atoms with E-state index in [9.17, 15) is 9.59 Å². The van der Waals surface area contributed by atoms with Gasteiger partial charge in [0.1, 0.15) is 0 Å². The number of hydrogen-bond acceptors (Lipinski definition) is 4. The smallest absolute Gasteiger partial charge is 0.251 e. The molecule has 5 nitrogen and oxygen atoms in total. The van der Waals surface area contributed by atoms with Crippen LogP contribution in [0.15, 0.2) is 24.3 Å². The minimum absolute atomic E-state index is 0.147. The van der Waals surface area contributed by atoms with E-state index >= 15 is 0 Å². The second-order valence-corrected chi connectivity index (χ2v) is 6.30. The van der Waals surface area contributed by atoms with Crippen molar-refractivity contribution in [2.75, 3.05) is 11.9 Å². The fraction of sp³-hybridized carbons (Fsp3) is 0.312. The van der Waals surface area contributed by atoms with Crippen LogP contribution in [-0.2, 0) is 11.2 Å². The number of anilines is 1. The maximum atomic E-state index is 12.1. The van der Waals surface area contributed by atoms with Crippen LogP contribution in [0, 0.1) is 13.8 Å². The number of nitrogens with zero attached hydrogens (tertiary/aromatic N) is 1. The van der Waals surface area contributed by atoms with E-state index in [2.05, 4.69) is 15.6 Å². The van der Waals surface area contributed by atoms with Crippen LogP contribution < -0.4 is 10.6 Å². The van der Waals surface area contributed by atoms with Crippen LogP contribution in [0.3, 0.4) is 0 Å². The first-order valence-electron chi connectivity index (χ1n) is 7.04. The highest BCUT2D eigenvalue weighted by atomic mass is 32.1. The SMILES string of the molecule is CC(=O)Nc1cccc(C(=O)NCCc2sc(C)nc2C)c1. The van der Waals surface area contributed by atoms with Gasteiger partial charge in [0.15, 0.2) is 0 Å². The maximum absolute atomic E-state index is 12.1. The molecule has 0 aliphatic rings. The van der Waals surface area contributed by atoms with Crippen molar-refractivity contribution >= 4 is 28.8 Å². The van der Waals surface area contributed by atoms with Crippen LogP contribution in [0.2, 0.25) is 0 Å². The number of hydrogen-bond donors (Lipinski definition) is 2. The lowest BCUT2D eigenvalue weighted by molar-refractivity contribution is -0.114. The first kappa shape index (κ1) is 16.2. The molecule has 0 fully saturated rings. The monoisotopic (exact) mass is 317 g/mol. The molecule has 1 heterocycles. The number of carbonyl (C=O) groups is 2. The number of carbonyl (C=O) groups excluding carboxylic acids is 2. The summed E-state index contributed by atoms with van der Waals surface area (Å²) in [4.78, 5) is 28.7. The summed E-state index contributed by atoms with van der Waals surface area (Å²) in [5.74, 6) is -0.306. The fourth-order valence-corrected chi connectivity index (χ4v) is 3.08. The molecule has 116 valence electrons. The third-order valence-electron chi connectivity index (χ3n) is 3.08. The Morgan fingerprint density at radius 2 is 2.05 bits per heavy atom. The van der Waals surface area contributed by atoms with Crippen molar-refractivity contribution in [2.45, 2.75) is 27.2 Å². The molecule has 0 bridgehead atoms. The lowest BCUT2D eigenvalue weighted by Gasteiger charge is -2.07. The van der Waals surface area contributed by atoms with E-state index in [0.29, 0.717) is 17.8 Å². The van der Waals surface area contributed by atoms with Gasteiger partial charge >= 0.3 is 0 Å². The Labute approximate surface area is 133 Å². The first-order chi connectivity index (χ1) is 10.5. The molecule has 22 heavy (non-hydrogen) atoms. The zero-order chi connectivity index (χ0) is 16.1. The van der Waals surface area contributed by atoms with Crippen LogP contribution in [0.5, 0.6) is 0 Å². The van der Waals surface area contributed by atoms with Gasteiger partial charge in [-0.05, 0) is 32.0 Å². The lowest BCUT2D eigenvalue weighted by Crippen LogP contribution is -2.25. The van der Waals surface area contributed by atoms with Gasteiger partial charge in [-0.3, -0.25) is 9.59 Å². The largest absolute Gasteiger partial charge is 0.352 e. The number of rotatable bonds is 5. The van der Waals surface area contributed by atoms with E-state index in [-0.39, 0.29) is 11.8 Å². The van der Waals surface area contributed by atoms with Crippen molar-refractivity contribution in [2.24, 2.45) is 0 Å². The second-order valence-electron chi connectivity index (χ2n) is 5.01. The molecule has 0 saturated heterocycles. The van der Waals surface area contributed by atoms with E-state index in [1.54, 1.807) is 35.6 Å². The molecule has 2 aromatic rings. The lowest BCUT2D eigenvalue weighted by atomic mass is 10.2. The molecule has 0 atom stereocenters. The second kappa shape index (κ2) is 7.17. The predicted molar refractivity (Wildman–Crippen MR) is 88.4 cm³/mol. The molecule has 2 N–H and O–H groups in total. The Kier molecular flexibility index (Phi) is 5.27. The topological polar surface area (TPSA) is 71.1 Å². The molecule has 0 unspecified atom stereocenters.